The van der Waals surface area contributed by atoms with Crippen LogP contribution in [-0.2, 0) is 0 Å². The third-order valence-electron chi connectivity index (χ3n) is 4.07. The first-order chi connectivity index (χ1) is 13.3. The molecular formula is C21H14F6O. The van der Waals surface area contributed by atoms with Gasteiger partial charge < -0.3 is 4.74 Å². The van der Waals surface area contributed by atoms with Crippen molar-refractivity contribution in [1.29, 1.82) is 0 Å². The SMILES string of the molecule is Fc1ccc(C(c2ccccc2)c2cc(F)cc(OC(F)(F)C(F)F)c2)cc1. The van der Waals surface area contributed by atoms with Crippen LogP contribution in [-0.4, -0.2) is 12.5 Å². The molecular weight excluding hydrogens is 382 g/mol. The Bertz CT molecular complexity index is 925. The molecule has 0 N–H and O–H groups in total. The molecule has 0 aliphatic rings. The summed E-state index contributed by atoms with van der Waals surface area (Å²) in [6, 6.07) is 16.8. The quantitative estimate of drug-likeness (QED) is 0.347. The summed E-state index contributed by atoms with van der Waals surface area (Å²) in [5.74, 6) is -2.79. The standard InChI is InChI=1S/C21H14F6O/c22-16-8-6-14(7-9-16)19(13-4-2-1-3-5-13)15-10-17(23)12-18(11-15)28-21(26,27)20(24)25/h1-12,19-20H. The van der Waals surface area contributed by atoms with Crippen molar-refractivity contribution in [1.82, 2.24) is 0 Å². The zero-order chi connectivity index (χ0) is 20.3. The Hall–Kier alpha value is -2.96. The fraction of sp³-hybridized carbons (Fsp3) is 0.143. The first-order valence-corrected chi connectivity index (χ1v) is 8.22. The van der Waals surface area contributed by atoms with Gasteiger partial charge in [0.25, 0.3) is 0 Å². The molecule has 0 spiro atoms. The van der Waals surface area contributed by atoms with E-state index in [-0.39, 0.29) is 5.56 Å². The number of hydrogen-bond acceptors (Lipinski definition) is 1. The van der Waals surface area contributed by atoms with E-state index in [0.717, 1.165) is 12.1 Å². The summed E-state index contributed by atoms with van der Waals surface area (Å²) in [5, 5.41) is 0. The van der Waals surface area contributed by atoms with Crippen LogP contribution in [0.4, 0.5) is 26.3 Å². The Balaban J connectivity index is 2.09. The highest BCUT2D eigenvalue weighted by Gasteiger charge is 2.44. The molecule has 0 fully saturated rings. The van der Waals surface area contributed by atoms with Gasteiger partial charge in [0.1, 0.15) is 17.4 Å². The predicted octanol–water partition coefficient (Wildman–Crippen LogP) is 6.38. The maximum atomic E-state index is 14.1. The molecule has 0 amide bonds. The Morgan fingerprint density at radius 1 is 0.679 bits per heavy atom. The number of alkyl halides is 4. The van der Waals surface area contributed by atoms with Crippen LogP contribution in [0.5, 0.6) is 5.75 Å². The number of halogens is 6. The summed E-state index contributed by atoms with van der Waals surface area (Å²) in [6.45, 7) is 0. The van der Waals surface area contributed by atoms with Crippen LogP contribution in [0, 0.1) is 11.6 Å². The summed E-state index contributed by atoms with van der Waals surface area (Å²) in [5.41, 5.74) is 1.42. The molecule has 0 saturated heterocycles. The van der Waals surface area contributed by atoms with Gasteiger partial charge in [-0.15, -0.1) is 0 Å². The molecule has 1 nitrogen and oxygen atoms in total. The normalized spacial score (nSPS) is 12.8. The monoisotopic (exact) mass is 396 g/mol. The van der Waals surface area contributed by atoms with E-state index in [1.165, 1.54) is 24.3 Å². The molecule has 3 rings (SSSR count). The molecule has 0 aliphatic carbocycles. The van der Waals surface area contributed by atoms with E-state index in [4.69, 9.17) is 0 Å². The second-order valence-electron chi connectivity index (χ2n) is 6.08. The second kappa shape index (κ2) is 7.96. The van der Waals surface area contributed by atoms with Gasteiger partial charge in [-0.3, -0.25) is 0 Å². The van der Waals surface area contributed by atoms with Gasteiger partial charge in [-0.25, -0.2) is 8.78 Å². The van der Waals surface area contributed by atoms with Gasteiger partial charge in [0.2, 0.25) is 0 Å². The molecule has 0 radical (unpaired) electrons. The van der Waals surface area contributed by atoms with Crippen molar-refractivity contribution in [3.8, 4) is 5.75 Å². The number of benzene rings is 3. The topological polar surface area (TPSA) is 9.23 Å². The molecule has 1 atom stereocenters. The lowest BCUT2D eigenvalue weighted by molar-refractivity contribution is -0.253. The highest BCUT2D eigenvalue weighted by molar-refractivity contribution is 5.45. The zero-order valence-corrected chi connectivity index (χ0v) is 14.3. The van der Waals surface area contributed by atoms with E-state index in [0.29, 0.717) is 17.2 Å². The summed E-state index contributed by atoms with van der Waals surface area (Å²) in [6.07, 6.45) is -8.83. The lowest BCUT2D eigenvalue weighted by Gasteiger charge is -2.21. The molecule has 7 heteroatoms. The average molecular weight is 396 g/mol. The minimum atomic E-state index is -4.76. The van der Waals surface area contributed by atoms with Crippen LogP contribution in [0.3, 0.4) is 0 Å². The third kappa shape index (κ3) is 4.47. The van der Waals surface area contributed by atoms with Gasteiger partial charge in [-0.1, -0.05) is 42.5 Å². The van der Waals surface area contributed by atoms with Crippen LogP contribution in [0.15, 0.2) is 72.8 Å². The average Bonchev–Trinajstić information content (AvgIpc) is 2.63. The Morgan fingerprint density at radius 2 is 1.29 bits per heavy atom. The predicted molar refractivity (Wildman–Crippen MR) is 91.8 cm³/mol. The second-order valence-corrected chi connectivity index (χ2v) is 6.08. The minimum Gasteiger partial charge on any atom is -0.428 e. The van der Waals surface area contributed by atoms with E-state index in [9.17, 15) is 26.3 Å². The highest BCUT2D eigenvalue weighted by Crippen LogP contribution is 2.36. The third-order valence-corrected chi connectivity index (χ3v) is 4.07. The van der Waals surface area contributed by atoms with E-state index < -0.39 is 35.8 Å². The minimum absolute atomic E-state index is 0.192. The lowest BCUT2D eigenvalue weighted by atomic mass is 9.85. The van der Waals surface area contributed by atoms with Crippen LogP contribution in [0.2, 0.25) is 0 Å². The first kappa shape index (κ1) is 19.8. The van der Waals surface area contributed by atoms with Crippen molar-refractivity contribution in [2.45, 2.75) is 18.5 Å². The summed E-state index contributed by atoms with van der Waals surface area (Å²) in [7, 11) is 0. The van der Waals surface area contributed by atoms with Gasteiger partial charge in [0.15, 0.2) is 0 Å². The van der Waals surface area contributed by atoms with Gasteiger partial charge in [-0.2, -0.15) is 17.6 Å². The van der Waals surface area contributed by atoms with Crippen molar-refractivity contribution < 1.29 is 31.1 Å². The largest absolute Gasteiger partial charge is 0.461 e. The molecule has 3 aromatic rings. The zero-order valence-electron chi connectivity index (χ0n) is 14.3. The fourth-order valence-corrected chi connectivity index (χ4v) is 2.89. The molecule has 28 heavy (non-hydrogen) atoms. The fourth-order valence-electron chi connectivity index (χ4n) is 2.89. The van der Waals surface area contributed by atoms with Crippen LogP contribution < -0.4 is 4.74 Å². The number of hydrogen-bond donors (Lipinski definition) is 0. The summed E-state index contributed by atoms with van der Waals surface area (Å²) >= 11 is 0. The molecule has 3 aromatic carbocycles. The molecule has 0 heterocycles. The van der Waals surface area contributed by atoms with Gasteiger partial charge >= 0.3 is 12.5 Å². The van der Waals surface area contributed by atoms with E-state index in [1.807, 2.05) is 0 Å². The summed E-state index contributed by atoms with van der Waals surface area (Å²) in [4.78, 5) is 0. The Kier molecular flexibility index (Phi) is 5.63. The Morgan fingerprint density at radius 3 is 1.89 bits per heavy atom. The van der Waals surface area contributed by atoms with Crippen molar-refractivity contribution in [3.05, 3.63) is 101 Å². The van der Waals surface area contributed by atoms with Gasteiger partial charge in [0, 0.05) is 12.0 Å². The van der Waals surface area contributed by atoms with Crippen molar-refractivity contribution in [2.24, 2.45) is 0 Å². The molecule has 0 aliphatic heterocycles. The number of rotatable bonds is 6. The molecule has 1 unspecified atom stereocenters. The van der Waals surface area contributed by atoms with Gasteiger partial charge in [-0.05, 0) is 41.0 Å². The molecule has 146 valence electrons. The van der Waals surface area contributed by atoms with Crippen LogP contribution in [0.25, 0.3) is 0 Å². The highest BCUT2D eigenvalue weighted by atomic mass is 19.3. The maximum Gasteiger partial charge on any atom is 0.461 e. The van der Waals surface area contributed by atoms with E-state index in [1.54, 1.807) is 30.3 Å². The first-order valence-electron chi connectivity index (χ1n) is 8.22. The molecule has 0 aromatic heterocycles. The van der Waals surface area contributed by atoms with Gasteiger partial charge in [0.05, 0.1) is 0 Å². The number of ether oxygens (including phenoxy) is 1. The van der Waals surface area contributed by atoms with E-state index in [2.05, 4.69) is 4.74 Å². The van der Waals surface area contributed by atoms with Crippen molar-refractivity contribution >= 4 is 0 Å². The van der Waals surface area contributed by atoms with Crippen molar-refractivity contribution in [3.63, 3.8) is 0 Å². The molecule has 0 saturated carbocycles. The Labute approximate surface area is 157 Å². The maximum absolute atomic E-state index is 14.1. The molecule has 0 bridgehead atoms. The van der Waals surface area contributed by atoms with Crippen LogP contribution in [0.1, 0.15) is 22.6 Å². The summed E-state index contributed by atoms with van der Waals surface area (Å²) < 4.78 is 82.8. The van der Waals surface area contributed by atoms with Crippen LogP contribution >= 0.6 is 0 Å². The lowest BCUT2D eigenvalue weighted by Crippen LogP contribution is -2.33. The van der Waals surface area contributed by atoms with Crippen molar-refractivity contribution in [2.75, 3.05) is 0 Å². The van der Waals surface area contributed by atoms with E-state index >= 15 is 0 Å². The smallest absolute Gasteiger partial charge is 0.428 e.